The van der Waals surface area contributed by atoms with Gasteiger partial charge in [-0.05, 0) is 30.7 Å². The van der Waals surface area contributed by atoms with Gasteiger partial charge in [0.05, 0.1) is 0 Å². The van der Waals surface area contributed by atoms with Gasteiger partial charge < -0.3 is 14.7 Å². The van der Waals surface area contributed by atoms with E-state index in [9.17, 15) is 10.5 Å². The Balaban J connectivity index is 3.20. The number of unbranched alkanes of at least 4 members (excludes halogenated alkanes) is 5. The van der Waals surface area contributed by atoms with Crippen LogP contribution in [0.25, 0.3) is 0 Å². The summed E-state index contributed by atoms with van der Waals surface area (Å²) in [5.41, 5.74) is 2.78. The number of nitriles is 2. The summed E-state index contributed by atoms with van der Waals surface area (Å²) in [6.07, 6.45) is 19.4. The second kappa shape index (κ2) is 13.3. The number of hydrogen-bond acceptors (Lipinski definition) is 5. The van der Waals surface area contributed by atoms with Crippen LogP contribution in [0.2, 0.25) is 0 Å². The lowest BCUT2D eigenvalue weighted by Crippen LogP contribution is -2.25. The summed E-state index contributed by atoms with van der Waals surface area (Å²) in [7, 11) is 7.92. The fraction of sp³-hybridized carbons (Fsp3) is 0.500. The van der Waals surface area contributed by atoms with Crippen molar-refractivity contribution in [1.29, 1.82) is 10.5 Å². The van der Waals surface area contributed by atoms with Gasteiger partial charge in [0.25, 0.3) is 0 Å². The minimum absolute atomic E-state index is 0.135. The lowest BCUT2D eigenvalue weighted by atomic mass is 10.0. The van der Waals surface area contributed by atoms with Crippen molar-refractivity contribution in [2.45, 2.75) is 45.4 Å². The van der Waals surface area contributed by atoms with Crippen LogP contribution in [0.3, 0.4) is 0 Å². The molecule has 0 fully saturated rings. The Hall–Kier alpha value is -2.92. The number of allylic oxidation sites excluding steroid dienone is 6. The third-order valence-electron chi connectivity index (χ3n) is 4.56. The maximum Gasteiger partial charge on any atom is 0.137 e. The van der Waals surface area contributed by atoms with Gasteiger partial charge in [-0.2, -0.15) is 10.5 Å². The molecule has 0 radical (unpaired) electrons. The molecule has 0 N–H and O–H groups in total. The van der Waals surface area contributed by atoms with Gasteiger partial charge in [-0.15, -0.1) is 0 Å². The molecule has 29 heavy (non-hydrogen) atoms. The van der Waals surface area contributed by atoms with Crippen LogP contribution in [-0.2, 0) is 0 Å². The van der Waals surface area contributed by atoms with Gasteiger partial charge in [-0.25, -0.2) is 0 Å². The van der Waals surface area contributed by atoms with Gasteiger partial charge >= 0.3 is 0 Å². The van der Waals surface area contributed by atoms with E-state index in [1.807, 2.05) is 86.8 Å². The summed E-state index contributed by atoms with van der Waals surface area (Å²) in [6.45, 7) is 3.14. The second-order valence-electron chi connectivity index (χ2n) is 7.67. The maximum atomic E-state index is 9.34. The van der Waals surface area contributed by atoms with Crippen molar-refractivity contribution in [2.75, 3.05) is 34.7 Å². The van der Waals surface area contributed by atoms with Crippen molar-refractivity contribution in [2.24, 2.45) is 0 Å². The molecule has 0 aromatic heterocycles. The van der Waals surface area contributed by atoms with Gasteiger partial charge in [0.2, 0.25) is 0 Å². The monoisotopic (exact) mass is 393 g/mol. The molecule has 0 bridgehead atoms. The first-order chi connectivity index (χ1) is 13.9. The second-order valence-corrected chi connectivity index (χ2v) is 7.67. The lowest BCUT2D eigenvalue weighted by Gasteiger charge is -2.31. The molecule has 156 valence electrons. The zero-order valence-corrected chi connectivity index (χ0v) is 18.6. The average molecular weight is 394 g/mol. The van der Waals surface area contributed by atoms with E-state index in [1.165, 1.54) is 32.1 Å². The smallest absolute Gasteiger partial charge is 0.137 e. The first-order valence-electron chi connectivity index (χ1n) is 10.4. The minimum atomic E-state index is 0.135. The molecule has 0 spiro atoms. The topological polar surface area (TPSA) is 57.3 Å². The molecule has 0 unspecified atom stereocenters. The van der Waals surface area contributed by atoms with Crippen molar-refractivity contribution < 1.29 is 0 Å². The molecule has 1 aliphatic rings. The van der Waals surface area contributed by atoms with Crippen LogP contribution < -0.4 is 0 Å². The zero-order chi connectivity index (χ0) is 21.6. The summed E-state index contributed by atoms with van der Waals surface area (Å²) in [6, 6.07) is 4.04. The van der Waals surface area contributed by atoms with E-state index < -0.39 is 0 Å². The first kappa shape index (κ1) is 24.1. The molecule has 0 aromatic carbocycles. The molecular weight excluding hydrogens is 358 g/mol. The van der Waals surface area contributed by atoms with Crippen molar-refractivity contribution in [1.82, 2.24) is 14.7 Å². The summed E-state index contributed by atoms with van der Waals surface area (Å²) >= 11 is 0. The third kappa shape index (κ3) is 8.75. The van der Waals surface area contributed by atoms with E-state index in [2.05, 4.69) is 11.8 Å². The van der Waals surface area contributed by atoms with Crippen LogP contribution >= 0.6 is 0 Å². The molecular formula is C24H35N5. The molecule has 1 aliphatic heterocycles. The summed E-state index contributed by atoms with van der Waals surface area (Å²) in [5.74, 6) is 0. The number of nitrogens with zero attached hydrogens (tertiary/aromatic N) is 5. The molecule has 0 saturated heterocycles. The lowest BCUT2D eigenvalue weighted by molar-refractivity contribution is 0.419. The van der Waals surface area contributed by atoms with Crippen LogP contribution in [0, 0.1) is 22.7 Å². The van der Waals surface area contributed by atoms with Crippen molar-refractivity contribution in [3.8, 4) is 12.1 Å². The average Bonchev–Trinajstić information content (AvgIpc) is 2.69. The first-order valence-corrected chi connectivity index (χ1v) is 10.4. The molecule has 0 aromatic rings. The maximum absolute atomic E-state index is 9.34. The molecule has 0 atom stereocenters. The Morgan fingerprint density at radius 2 is 1.34 bits per heavy atom. The summed E-state index contributed by atoms with van der Waals surface area (Å²) in [5, 5.41) is 18.7. The molecule has 0 aliphatic carbocycles. The van der Waals surface area contributed by atoms with E-state index in [-0.39, 0.29) is 5.57 Å². The third-order valence-corrected chi connectivity index (χ3v) is 4.56. The van der Waals surface area contributed by atoms with Gasteiger partial charge in [-0.3, -0.25) is 0 Å². The highest BCUT2D eigenvalue weighted by Gasteiger charge is 2.18. The molecule has 0 saturated carbocycles. The van der Waals surface area contributed by atoms with Gasteiger partial charge in [0.1, 0.15) is 17.7 Å². The van der Waals surface area contributed by atoms with Crippen molar-refractivity contribution >= 4 is 0 Å². The standard InChI is InChI=1S/C24H35N5/c1-6-7-8-9-10-11-14-29-23(12-15-27(2)3)17-21(22(19-25)20-26)18-24(29)13-16-28(4)5/h12-13,15-18H,6-11,14H2,1-5H3/b15-12+,16-13+. The van der Waals surface area contributed by atoms with Gasteiger partial charge in [0.15, 0.2) is 0 Å². The van der Waals surface area contributed by atoms with Crippen LogP contribution in [0.15, 0.2) is 59.2 Å². The fourth-order valence-electron chi connectivity index (χ4n) is 3.00. The van der Waals surface area contributed by atoms with E-state index >= 15 is 0 Å². The normalized spacial score (nSPS) is 13.9. The molecule has 5 heteroatoms. The molecule has 1 rings (SSSR count). The Morgan fingerprint density at radius 1 is 0.862 bits per heavy atom. The van der Waals surface area contributed by atoms with E-state index in [1.54, 1.807) is 0 Å². The van der Waals surface area contributed by atoms with Gasteiger partial charge in [0, 0.05) is 64.1 Å². The Bertz CT molecular complexity index is 697. The highest BCUT2D eigenvalue weighted by atomic mass is 15.2. The summed E-state index contributed by atoms with van der Waals surface area (Å²) in [4.78, 5) is 6.24. The van der Waals surface area contributed by atoms with Crippen LogP contribution in [-0.4, -0.2) is 49.4 Å². The largest absolute Gasteiger partial charge is 0.383 e. The Morgan fingerprint density at radius 3 is 1.79 bits per heavy atom. The van der Waals surface area contributed by atoms with E-state index in [0.29, 0.717) is 5.57 Å². The van der Waals surface area contributed by atoms with E-state index in [0.717, 1.165) is 24.4 Å². The molecule has 1 heterocycles. The minimum Gasteiger partial charge on any atom is -0.383 e. The summed E-state index contributed by atoms with van der Waals surface area (Å²) < 4.78 is 0. The highest BCUT2D eigenvalue weighted by Crippen LogP contribution is 2.27. The zero-order valence-electron chi connectivity index (χ0n) is 18.6. The van der Waals surface area contributed by atoms with Gasteiger partial charge in [-0.1, -0.05) is 39.0 Å². The fourth-order valence-corrected chi connectivity index (χ4v) is 3.00. The Labute approximate surface area is 177 Å². The number of hydrogen-bond donors (Lipinski definition) is 0. The van der Waals surface area contributed by atoms with Crippen LogP contribution in [0.5, 0.6) is 0 Å². The van der Waals surface area contributed by atoms with E-state index in [4.69, 9.17) is 0 Å². The van der Waals surface area contributed by atoms with Crippen molar-refractivity contribution in [3.63, 3.8) is 0 Å². The predicted octanol–water partition coefficient (Wildman–Crippen LogP) is 4.92. The van der Waals surface area contributed by atoms with Crippen molar-refractivity contribution in [3.05, 3.63) is 59.2 Å². The highest BCUT2D eigenvalue weighted by molar-refractivity contribution is 5.56. The SMILES string of the molecule is CCCCCCCCN1C(/C=C/N(C)C)=CC(=C(C#N)C#N)C=C1/C=C/N(C)C. The van der Waals surface area contributed by atoms with Crippen LogP contribution in [0.1, 0.15) is 45.4 Å². The molecule has 0 amide bonds. The van der Waals surface area contributed by atoms with Crippen LogP contribution in [0.4, 0.5) is 0 Å². The molecule has 5 nitrogen and oxygen atoms in total. The number of rotatable bonds is 11. The Kier molecular flexibility index (Phi) is 11.1. The quantitative estimate of drug-likeness (QED) is 0.368. The predicted molar refractivity (Wildman–Crippen MR) is 120 cm³/mol.